The SMILES string of the molecule is NC1(Cc2ccc(Cl)cc2[N+](=O)[O-])CCC1. The Morgan fingerprint density at radius 1 is 1.50 bits per heavy atom. The third-order valence-corrected chi connectivity index (χ3v) is 3.37. The minimum Gasteiger partial charge on any atom is -0.325 e. The Kier molecular flexibility index (Phi) is 2.86. The second kappa shape index (κ2) is 4.03. The first kappa shape index (κ1) is 11.4. The van der Waals surface area contributed by atoms with Gasteiger partial charge in [0.05, 0.1) is 4.92 Å². The van der Waals surface area contributed by atoms with Gasteiger partial charge in [0.15, 0.2) is 0 Å². The fraction of sp³-hybridized carbons (Fsp3) is 0.455. The highest BCUT2D eigenvalue weighted by Crippen LogP contribution is 2.35. The van der Waals surface area contributed by atoms with Crippen LogP contribution >= 0.6 is 11.6 Å². The normalized spacial score (nSPS) is 17.9. The molecule has 1 aliphatic rings. The van der Waals surface area contributed by atoms with Crippen molar-refractivity contribution in [3.05, 3.63) is 38.9 Å². The Morgan fingerprint density at radius 2 is 2.19 bits per heavy atom. The summed E-state index contributed by atoms with van der Waals surface area (Å²) in [5, 5.41) is 11.3. The van der Waals surface area contributed by atoms with Crippen LogP contribution in [0.3, 0.4) is 0 Å². The lowest BCUT2D eigenvalue weighted by atomic mass is 9.73. The first-order valence-corrected chi connectivity index (χ1v) is 5.60. The molecule has 1 aromatic carbocycles. The van der Waals surface area contributed by atoms with Crippen molar-refractivity contribution >= 4 is 17.3 Å². The number of hydrogen-bond donors (Lipinski definition) is 1. The molecule has 0 spiro atoms. The molecule has 0 heterocycles. The molecule has 5 heteroatoms. The molecule has 1 aliphatic carbocycles. The molecule has 2 N–H and O–H groups in total. The van der Waals surface area contributed by atoms with Gasteiger partial charge in [0.1, 0.15) is 0 Å². The van der Waals surface area contributed by atoms with Crippen molar-refractivity contribution < 1.29 is 4.92 Å². The minimum atomic E-state index is -0.400. The molecular formula is C11H13ClN2O2. The van der Waals surface area contributed by atoms with E-state index in [0.717, 1.165) is 19.3 Å². The van der Waals surface area contributed by atoms with E-state index in [1.165, 1.54) is 6.07 Å². The molecule has 0 aliphatic heterocycles. The molecule has 86 valence electrons. The van der Waals surface area contributed by atoms with E-state index in [1.807, 2.05) is 0 Å². The van der Waals surface area contributed by atoms with Crippen LogP contribution in [0.1, 0.15) is 24.8 Å². The van der Waals surface area contributed by atoms with Crippen LogP contribution in [0.25, 0.3) is 0 Å². The maximum atomic E-state index is 10.9. The largest absolute Gasteiger partial charge is 0.325 e. The van der Waals surface area contributed by atoms with Crippen LogP contribution in [0.5, 0.6) is 0 Å². The number of hydrogen-bond acceptors (Lipinski definition) is 3. The lowest BCUT2D eigenvalue weighted by Gasteiger charge is -2.38. The Morgan fingerprint density at radius 3 is 2.69 bits per heavy atom. The van der Waals surface area contributed by atoms with Crippen molar-refractivity contribution in [3.8, 4) is 0 Å². The summed E-state index contributed by atoms with van der Waals surface area (Å²) in [6.45, 7) is 0. The molecule has 16 heavy (non-hydrogen) atoms. The first-order valence-electron chi connectivity index (χ1n) is 5.22. The topological polar surface area (TPSA) is 69.2 Å². The molecule has 0 saturated heterocycles. The number of benzene rings is 1. The third kappa shape index (κ3) is 2.18. The highest BCUT2D eigenvalue weighted by Gasteiger charge is 2.34. The van der Waals surface area contributed by atoms with Crippen molar-refractivity contribution in [2.24, 2.45) is 5.73 Å². The van der Waals surface area contributed by atoms with Crippen molar-refractivity contribution in [2.75, 3.05) is 0 Å². The third-order valence-electron chi connectivity index (χ3n) is 3.14. The number of halogens is 1. The zero-order valence-electron chi connectivity index (χ0n) is 8.78. The summed E-state index contributed by atoms with van der Waals surface area (Å²) in [6, 6.07) is 4.76. The summed E-state index contributed by atoms with van der Waals surface area (Å²) < 4.78 is 0. The number of nitro groups is 1. The quantitative estimate of drug-likeness (QED) is 0.652. The fourth-order valence-corrected chi connectivity index (χ4v) is 2.21. The van der Waals surface area contributed by atoms with Crippen molar-refractivity contribution in [1.82, 2.24) is 0 Å². The summed E-state index contributed by atoms with van der Waals surface area (Å²) in [4.78, 5) is 10.5. The van der Waals surface area contributed by atoms with Gasteiger partial charge in [-0.15, -0.1) is 0 Å². The maximum absolute atomic E-state index is 10.9. The molecule has 0 unspecified atom stereocenters. The second-order valence-corrected chi connectivity index (χ2v) is 4.86. The van der Waals surface area contributed by atoms with Gasteiger partial charge in [-0.1, -0.05) is 17.7 Å². The van der Waals surface area contributed by atoms with Gasteiger partial charge in [-0.05, 0) is 31.7 Å². The smallest absolute Gasteiger partial charge is 0.274 e. The van der Waals surface area contributed by atoms with Gasteiger partial charge < -0.3 is 5.73 Å². The van der Waals surface area contributed by atoms with Gasteiger partial charge in [-0.3, -0.25) is 10.1 Å². The van der Waals surface area contributed by atoms with E-state index in [2.05, 4.69) is 0 Å². The predicted molar refractivity (Wildman–Crippen MR) is 62.6 cm³/mol. The Hall–Kier alpha value is -1.13. The van der Waals surface area contributed by atoms with Crippen LogP contribution in [-0.2, 0) is 6.42 Å². The fourth-order valence-electron chi connectivity index (χ4n) is 2.04. The van der Waals surface area contributed by atoms with Gasteiger partial charge in [-0.25, -0.2) is 0 Å². The standard InChI is InChI=1S/C11H13ClN2O2/c12-9-3-2-8(10(6-9)14(15)16)7-11(13)4-1-5-11/h2-3,6H,1,4-5,7,13H2. The number of nitro benzene ring substituents is 1. The molecule has 4 nitrogen and oxygen atoms in total. The average Bonchev–Trinajstić information content (AvgIpc) is 2.18. The van der Waals surface area contributed by atoms with Crippen LogP contribution in [0.15, 0.2) is 18.2 Å². The Labute approximate surface area is 98.5 Å². The van der Waals surface area contributed by atoms with Crippen LogP contribution in [-0.4, -0.2) is 10.5 Å². The van der Waals surface area contributed by atoms with E-state index in [4.69, 9.17) is 17.3 Å². The average molecular weight is 241 g/mol. The molecule has 0 amide bonds. The highest BCUT2D eigenvalue weighted by molar-refractivity contribution is 6.30. The van der Waals surface area contributed by atoms with E-state index in [-0.39, 0.29) is 11.2 Å². The van der Waals surface area contributed by atoms with Crippen LogP contribution in [0, 0.1) is 10.1 Å². The summed E-state index contributed by atoms with van der Waals surface area (Å²) in [5.41, 5.74) is 6.59. The van der Waals surface area contributed by atoms with Gasteiger partial charge >= 0.3 is 0 Å². The van der Waals surface area contributed by atoms with E-state index >= 15 is 0 Å². The highest BCUT2D eigenvalue weighted by atomic mass is 35.5. The maximum Gasteiger partial charge on any atom is 0.274 e. The predicted octanol–water partition coefficient (Wildman–Crippen LogP) is 2.67. The number of nitrogens with two attached hydrogens (primary N) is 1. The van der Waals surface area contributed by atoms with E-state index in [1.54, 1.807) is 12.1 Å². The van der Waals surface area contributed by atoms with E-state index in [0.29, 0.717) is 17.0 Å². The lowest BCUT2D eigenvalue weighted by molar-refractivity contribution is -0.385. The Balaban J connectivity index is 2.29. The van der Waals surface area contributed by atoms with Crippen LogP contribution < -0.4 is 5.73 Å². The summed E-state index contributed by atoms with van der Waals surface area (Å²) in [5.74, 6) is 0. The van der Waals surface area contributed by atoms with Gasteiger partial charge in [-0.2, -0.15) is 0 Å². The molecule has 2 rings (SSSR count). The molecule has 1 fully saturated rings. The van der Waals surface area contributed by atoms with Gasteiger partial charge in [0, 0.05) is 22.2 Å². The van der Waals surface area contributed by atoms with Crippen LogP contribution in [0.2, 0.25) is 5.02 Å². The molecule has 0 radical (unpaired) electrons. The monoisotopic (exact) mass is 240 g/mol. The summed E-state index contributed by atoms with van der Waals surface area (Å²) >= 11 is 5.74. The molecule has 0 atom stereocenters. The van der Waals surface area contributed by atoms with Crippen molar-refractivity contribution in [3.63, 3.8) is 0 Å². The van der Waals surface area contributed by atoms with Crippen molar-refractivity contribution in [2.45, 2.75) is 31.2 Å². The first-order chi connectivity index (χ1) is 7.50. The molecule has 1 aromatic rings. The zero-order chi connectivity index (χ0) is 11.8. The van der Waals surface area contributed by atoms with Crippen molar-refractivity contribution in [1.29, 1.82) is 0 Å². The molecule has 0 bridgehead atoms. The van der Waals surface area contributed by atoms with Gasteiger partial charge in [0.25, 0.3) is 5.69 Å². The molecular weight excluding hydrogens is 228 g/mol. The van der Waals surface area contributed by atoms with E-state index in [9.17, 15) is 10.1 Å². The van der Waals surface area contributed by atoms with Gasteiger partial charge in [0.2, 0.25) is 0 Å². The minimum absolute atomic E-state index is 0.0734. The second-order valence-electron chi connectivity index (χ2n) is 4.42. The summed E-state index contributed by atoms with van der Waals surface area (Å²) in [7, 11) is 0. The van der Waals surface area contributed by atoms with E-state index < -0.39 is 4.92 Å². The zero-order valence-corrected chi connectivity index (χ0v) is 9.54. The lowest BCUT2D eigenvalue weighted by Crippen LogP contribution is -2.48. The number of rotatable bonds is 3. The van der Waals surface area contributed by atoms with Crippen LogP contribution in [0.4, 0.5) is 5.69 Å². The molecule has 0 aromatic heterocycles. The molecule has 1 saturated carbocycles. The summed E-state index contributed by atoms with van der Waals surface area (Å²) in [6.07, 6.45) is 3.54. The Bertz CT molecular complexity index is 430. The number of nitrogens with zero attached hydrogens (tertiary/aromatic N) is 1.